The third-order valence-electron chi connectivity index (χ3n) is 12.6. The molecule has 0 spiro atoms. The third kappa shape index (κ3) is 13.8. The molecule has 23 nitrogen and oxygen atoms in total. The first kappa shape index (κ1) is 53.8. The van der Waals surface area contributed by atoms with Crippen LogP contribution in [0.4, 0.5) is 4.39 Å². The van der Waals surface area contributed by atoms with Gasteiger partial charge in [0.2, 0.25) is 41.4 Å². The minimum atomic E-state index is -2.05. The zero-order chi connectivity index (χ0) is 54.5. The van der Waals surface area contributed by atoms with Gasteiger partial charge in [-0.3, -0.25) is 43.3 Å². The van der Waals surface area contributed by atoms with Gasteiger partial charge < -0.3 is 59.9 Å². The average Bonchev–Trinajstić information content (AvgIpc) is 3.89. The van der Waals surface area contributed by atoms with E-state index >= 15 is 0 Å². The van der Waals surface area contributed by atoms with E-state index in [1.165, 1.54) is 10.6 Å². The maximum atomic E-state index is 14.9. The van der Waals surface area contributed by atoms with Crippen LogP contribution in [-0.2, 0) is 93.8 Å². The van der Waals surface area contributed by atoms with Crippen molar-refractivity contribution < 1.29 is 72.9 Å². The molecule has 6 N–H and O–H groups in total. The van der Waals surface area contributed by atoms with Crippen LogP contribution in [0.25, 0.3) is 22.3 Å². The molecule has 0 radical (unpaired) electrons. The second-order valence-electron chi connectivity index (χ2n) is 17.7. The molecule has 1 unspecified atom stereocenters. The minimum absolute atomic E-state index is 0.0368. The molecule has 0 saturated carbocycles. The molecular weight excluding hydrogens is 984 g/mol. The van der Waals surface area contributed by atoms with E-state index in [2.05, 4.69) is 26.6 Å². The van der Waals surface area contributed by atoms with Crippen molar-refractivity contribution in [1.82, 2.24) is 41.0 Å². The average molecular weight is 1050 g/mol. The molecule has 4 aromatic rings. The number of aliphatic hydroxyl groups is 1. The van der Waals surface area contributed by atoms with E-state index in [0.717, 1.165) is 4.90 Å². The standard InChI is InChI=1S/C51H59FN8O15/c1-3-51(70)36-21-40-47-33(26-60(40)49(68)35(36)28-75-50(51)69)34(32-19-30(2)37(52)22-38(32)58-47)27-74-29-56-43(63)24-55-48(67)39(20-31-7-5-4-6-8-31)57-44(64)25-54-42(62)23-53-41(61)11-13-71-15-17-73-18-16-72-14-12-59-45(65)9-10-46(59)66/h4-8,19,21-22,39,70H,3,9-18,20,23-29H2,1-2H3,(H,53,61)(H,54,62)(H,55,67)(H,56,63)(H,57,64)/t39-,51-/m0/s1/i9T/t9?,39-,51-. The zero-order valence-corrected chi connectivity index (χ0v) is 41.4. The molecule has 3 aliphatic rings. The Kier molecular flexibility index (Phi) is 18.4. The number of aryl methyl sites for hydroxylation is 1. The lowest BCUT2D eigenvalue weighted by molar-refractivity contribution is -0.172. The molecule has 0 aliphatic carbocycles. The van der Waals surface area contributed by atoms with Crippen LogP contribution in [0.2, 0.25) is 0 Å². The summed E-state index contributed by atoms with van der Waals surface area (Å²) in [6.45, 7) is 2.04. The van der Waals surface area contributed by atoms with Gasteiger partial charge in [0, 0.05) is 49.6 Å². The Morgan fingerprint density at radius 1 is 0.840 bits per heavy atom. The number of hydrogen-bond donors (Lipinski definition) is 6. The summed E-state index contributed by atoms with van der Waals surface area (Å²) in [6, 6.07) is 12.0. The number of imide groups is 1. The number of halogens is 1. The monoisotopic (exact) mass is 1040 g/mol. The molecule has 24 heteroatoms. The number of nitrogens with one attached hydrogen (secondary N) is 5. The topological polar surface area (TPSA) is 301 Å². The predicted molar refractivity (Wildman–Crippen MR) is 261 cm³/mol. The van der Waals surface area contributed by atoms with Crippen molar-refractivity contribution in [3.05, 3.63) is 98.1 Å². The molecule has 400 valence electrons. The Morgan fingerprint density at radius 2 is 1.52 bits per heavy atom. The number of ether oxygens (including phenoxy) is 5. The molecule has 75 heavy (non-hydrogen) atoms. The van der Waals surface area contributed by atoms with Gasteiger partial charge in [-0.25, -0.2) is 14.2 Å². The highest BCUT2D eigenvalue weighted by Crippen LogP contribution is 2.40. The van der Waals surface area contributed by atoms with Crippen LogP contribution in [0.3, 0.4) is 0 Å². The largest absolute Gasteiger partial charge is 0.458 e. The highest BCUT2D eigenvalue weighted by atomic mass is 19.1. The van der Waals surface area contributed by atoms with Gasteiger partial charge in [0.1, 0.15) is 25.2 Å². The van der Waals surface area contributed by atoms with Crippen LogP contribution in [-0.4, -0.2) is 145 Å². The van der Waals surface area contributed by atoms with Crippen molar-refractivity contribution in [3.8, 4) is 11.4 Å². The maximum Gasteiger partial charge on any atom is 0.343 e. The molecule has 0 bridgehead atoms. The van der Waals surface area contributed by atoms with Gasteiger partial charge in [0.25, 0.3) is 5.56 Å². The number of aromatic nitrogens is 2. The number of carbonyl (C=O) groups is 8. The van der Waals surface area contributed by atoms with Crippen LogP contribution >= 0.6 is 0 Å². The van der Waals surface area contributed by atoms with E-state index < -0.39 is 90.5 Å². The normalized spacial score (nSPS) is 17.1. The fourth-order valence-corrected chi connectivity index (χ4v) is 8.52. The summed E-state index contributed by atoms with van der Waals surface area (Å²) in [5.41, 5.74) is 0.804. The van der Waals surface area contributed by atoms with Gasteiger partial charge in [-0.05, 0) is 42.2 Å². The number of hydrogen-bond acceptors (Lipinski definition) is 16. The van der Waals surface area contributed by atoms with Gasteiger partial charge in [0.05, 0.1) is 101 Å². The van der Waals surface area contributed by atoms with Gasteiger partial charge in [-0.15, -0.1) is 0 Å². The Bertz CT molecular complexity index is 2940. The molecule has 2 aromatic heterocycles. The number of benzene rings is 2. The quantitative estimate of drug-likeness (QED) is 0.0172. The summed E-state index contributed by atoms with van der Waals surface area (Å²) in [4.78, 5) is 120. The van der Waals surface area contributed by atoms with Gasteiger partial charge >= 0.3 is 5.97 Å². The summed E-state index contributed by atoms with van der Waals surface area (Å²) in [5, 5.41) is 24.3. The Morgan fingerprint density at radius 3 is 2.24 bits per heavy atom. The first-order chi connectivity index (χ1) is 36.5. The van der Waals surface area contributed by atoms with Crippen molar-refractivity contribution in [3.63, 3.8) is 0 Å². The van der Waals surface area contributed by atoms with Crippen molar-refractivity contribution in [2.45, 2.75) is 77.3 Å². The lowest BCUT2D eigenvalue weighted by atomic mass is 9.86. The van der Waals surface area contributed by atoms with Gasteiger partial charge in [-0.1, -0.05) is 37.3 Å². The van der Waals surface area contributed by atoms with E-state index in [0.29, 0.717) is 39.0 Å². The zero-order valence-electron chi connectivity index (χ0n) is 42.4. The summed E-state index contributed by atoms with van der Waals surface area (Å²) in [6.07, 6.45) is -1.24. The van der Waals surface area contributed by atoms with E-state index in [4.69, 9.17) is 30.0 Å². The molecule has 5 heterocycles. The predicted octanol–water partition coefficient (Wildman–Crippen LogP) is -0.218. The van der Waals surface area contributed by atoms with E-state index in [1.807, 2.05) is 0 Å². The van der Waals surface area contributed by atoms with E-state index in [9.17, 15) is 52.6 Å². The Balaban J connectivity index is 0.824. The third-order valence-corrected chi connectivity index (χ3v) is 12.6. The van der Waals surface area contributed by atoms with Gasteiger partial charge in [-0.2, -0.15) is 0 Å². The van der Waals surface area contributed by atoms with Crippen LogP contribution in [0.5, 0.6) is 0 Å². The summed E-state index contributed by atoms with van der Waals surface area (Å²) < 4.78 is 51.1. The highest BCUT2D eigenvalue weighted by Gasteiger charge is 2.45. The smallest absolute Gasteiger partial charge is 0.343 e. The molecule has 2 aromatic carbocycles. The maximum absolute atomic E-state index is 14.9. The molecule has 7 amide bonds. The van der Waals surface area contributed by atoms with Crippen LogP contribution < -0.4 is 32.1 Å². The number of carbonyl (C=O) groups excluding carboxylic acids is 8. The number of likely N-dealkylation sites (tertiary alicyclic amines) is 1. The van der Waals surface area contributed by atoms with Crippen LogP contribution in [0.1, 0.15) is 67.3 Å². The Labute approximate surface area is 430 Å². The highest BCUT2D eigenvalue weighted by molar-refractivity contribution is 6.02. The minimum Gasteiger partial charge on any atom is -0.458 e. The van der Waals surface area contributed by atoms with Crippen molar-refractivity contribution in [2.24, 2.45) is 0 Å². The second-order valence-corrected chi connectivity index (χ2v) is 17.7. The fraction of sp³-hybridized carbons (Fsp3) is 0.451. The molecular formula is C51H59FN8O15. The number of esters is 1. The molecule has 1 fully saturated rings. The molecule has 7 rings (SSSR count). The van der Waals surface area contributed by atoms with Gasteiger partial charge in [0.15, 0.2) is 5.60 Å². The lowest BCUT2D eigenvalue weighted by Crippen LogP contribution is -2.52. The first-order valence-corrected chi connectivity index (χ1v) is 24.3. The van der Waals surface area contributed by atoms with Crippen LogP contribution in [0, 0.1) is 12.7 Å². The fourth-order valence-electron chi connectivity index (χ4n) is 8.52. The van der Waals surface area contributed by atoms with E-state index in [-0.39, 0.29) is 121 Å². The number of nitrogens with zero attached hydrogens (tertiary/aromatic N) is 3. The van der Waals surface area contributed by atoms with Crippen LogP contribution in [0.15, 0.2) is 53.3 Å². The van der Waals surface area contributed by atoms with Crippen molar-refractivity contribution in [2.75, 3.05) is 72.6 Å². The first-order valence-electron chi connectivity index (χ1n) is 24.8. The van der Waals surface area contributed by atoms with Crippen molar-refractivity contribution in [1.29, 1.82) is 0 Å². The molecule has 3 aliphatic heterocycles. The summed E-state index contributed by atoms with van der Waals surface area (Å²) in [7, 11) is 0. The summed E-state index contributed by atoms with van der Waals surface area (Å²) >= 11 is 0. The Hall–Kier alpha value is -7.51. The van der Waals surface area contributed by atoms with Crippen molar-refractivity contribution >= 4 is 58.2 Å². The summed E-state index contributed by atoms with van der Waals surface area (Å²) in [5.74, 6) is -5.52. The SMILES string of the molecule is [3H]C1CC(=O)N(CCOCCOCCOCCC(=O)NCC(=O)NCC(=O)N[C@@H](Cc2ccccc2)C(=O)NCC(=O)NCOCc2c3c(nc4cc(F)c(C)cc24)-c2cc4c(c(=O)n2C3)COC(=O)[C@]4(O)CC)C1=O. The molecule has 3 atom stereocenters. The number of cyclic esters (lactones) is 1. The number of fused-ring (bicyclic) bond motifs is 5. The number of amides is 7. The number of pyridine rings is 2. The molecule has 1 saturated heterocycles. The lowest BCUT2D eigenvalue weighted by Gasteiger charge is -2.31. The number of rotatable bonds is 27. The second kappa shape index (κ2) is 25.6. The van der Waals surface area contributed by atoms with E-state index in [1.54, 1.807) is 56.3 Å².